The number of allylic oxidation sites excluding steroid dienone is 4. The molecule has 0 aromatic carbocycles. The minimum Gasteiger partial charge on any atom is -0.0846 e. The third kappa shape index (κ3) is 3.32. The summed E-state index contributed by atoms with van der Waals surface area (Å²) in [6.07, 6.45) is 9.54. The lowest BCUT2D eigenvalue weighted by Gasteiger charge is -2.02. The van der Waals surface area contributed by atoms with Crippen LogP contribution in [0.1, 0.15) is 47.5 Å². The average molecular weight is 192 g/mol. The minimum atomic E-state index is 0.591. The highest BCUT2D eigenvalue weighted by Crippen LogP contribution is 2.52. The largest absolute Gasteiger partial charge is 0.0846 e. The van der Waals surface area contributed by atoms with Crippen LogP contribution in [0.3, 0.4) is 0 Å². The van der Waals surface area contributed by atoms with Gasteiger partial charge in [0.1, 0.15) is 0 Å². The fourth-order valence-electron chi connectivity index (χ4n) is 1.57. The van der Waals surface area contributed by atoms with Crippen LogP contribution in [0, 0.1) is 17.3 Å². The fourth-order valence-corrected chi connectivity index (χ4v) is 1.57. The molecule has 0 N–H and O–H groups in total. The van der Waals surface area contributed by atoms with E-state index in [0.29, 0.717) is 11.3 Å². The van der Waals surface area contributed by atoms with Crippen LogP contribution in [0.25, 0.3) is 0 Å². The summed E-state index contributed by atoms with van der Waals surface area (Å²) in [5.74, 6) is 1.54. The molecule has 0 spiro atoms. The lowest BCUT2D eigenvalue weighted by molar-refractivity contribution is 0.609. The normalized spacial score (nSPS) is 26.1. The van der Waals surface area contributed by atoms with E-state index in [0.717, 1.165) is 12.3 Å². The summed E-state index contributed by atoms with van der Waals surface area (Å²) in [4.78, 5) is 0. The van der Waals surface area contributed by atoms with Crippen LogP contribution in [0.15, 0.2) is 23.8 Å². The molecule has 0 bridgehead atoms. The second-order valence-electron chi connectivity index (χ2n) is 5.57. The molecular formula is C14H24. The predicted octanol–water partition coefficient (Wildman–Crippen LogP) is 4.58. The zero-order chi connectivity index (χ0) is 10.8. The van der Waals surface area contributed by atoms with E-state index in [1.165, 1.54) is 12.0 Å². The van der Waals surface area contributed by atoms with E-state index in [-0.39, 0.29) is 0 Å². The highest BCUT2D eigenvalue weighted by molar-refractivity contribution is 5.10. The van der Waals surface area contributed by atoms with Crippen LogP contribution in [0.5, 0.6) is 0 Å². The Bertz CT molecular complexity index is 241. The van der Waals surface area contributed by atoms with Gasteiger partial charge in [0.05, 0.1) is 0 Å². The quantitative estimate of drug-likeness (QED) is 0.572. The Balaban J connectivity index is 2.25. The van der Waals surface area contributed by atoms with Gasteiger partial charge in [-0.15, -0.1) is 0 Å². The van der Waals surface area contributed by atoms with Gasteiger partial charge in [-0.2, -0.15) is 0 Å². The van der Waals surface area contributed by atoms with Crippen LogP contribution in [-0.4, -0.2) is 0 Å². The van der Waals surface area contributed by atoms with Gasteiger partial charge >= 0.3 is 0 Å². The summed E-state index contributed by atoms with van der Waals surface area (Å²) in [5.41, 5.74) is 2.09. The van der Waals surface area contributed by atoms with E-state index in [4.69, 9.17) is 0 Å². The van der Waals surface area contributed by atoms with Gasteiger partial charge in [0.25, 0.3) is 0 Å². The molecule has 0 radical (unpaired) electrons. The van der Waals surface area contributed by atoms with Crippen molar-refractivity contribution >= 4 is 0 Å². The van der Waals surface area contributed by atoms with Crippen molar-refractivity contribution in [2.75, 3.05) is 0 Å². The van der Waals surface area contributed by atoms with E-state index < -0.39 is 0 Å². The Morgan fingerprint density at radius 2 is 2.00 bits per heavy atom. The Hall–Kier alpha value is -0.520. The standard InChI is InChI=1S/C14H24/c1-11(2)12(3)8-6-7-9-13-10-14(13,4)5/h7-9,11,13H,6,10H2,1-5H3. The summed E-state index contributed by atoms with van der Waals surface area (Å²) >= 11 is 0. The summed E-state index contributed by atoms with van der Waals surface area (Å²) in [5, 5.41) is 0. The van der Waals surface area contributed by atoms with Gasteiger partial charge in [-0.25, -0.2) is 0 Å². The Morgan fingerprint density at radius 3 is 2.43 bits per heavy atom. The molecule has 0 aromatic heterocycles. The molecule has 0 amide bonds. The molecule has 0 saturated heterocycles. The van der Waals surface area contributed by atoms with Crippen LogP contribution in [0.2, 0.25) is 0 Å². The Labute approximate surface area is 89.1 Å². The molecule has 1 atom stereocenters. The first-order valence-electron chi connectivity index (χ1n) is 5.77. The highest BCUT2D eigenvalue weighted by atomic mass is 14.5. The number of rotatable bonds is 4. The van der Waals surface area contributed by atoms with Gasteiger partial charge < -0.3 is 0 Å². The van der Waals surface area contributed by atoms with E-state index in [1.54, 1.807) is 0 Å². The van der Waals surface area contributed by atoms with Crippen molar-refractivity contribution in [3.63, 3.8) is 0 Å². The highest BCUT2D eigenvalue weighted by Gasteiger charge is 2.43. The fraction of sp³-hybridized carbons (Fsp3) is 0.714. The topological polar surface area (TPSA) is 0 Å². The van der Waals surface area contributed by atoms with Crippen molar-refractivity contribution in [1.29, 1.82) is 0 Å². The smallest absolute Gasteiger partial charge is 0.0166 e. The first-order valence-corrected chi connectivity index (χ1v) is 5.77. The van der Waals surface area contributed by atoms with Crippen molar-refractivity contribution in [3.05, 3.63) is 23.8 Å². The molecule has 80 valence electrons. The molecule has 0 nitrogen and oxygen atoms in total. The Kier molecular flexibility index (Phi) is 3.58. The number of hydrogen-bond donors (Lipinski definition) is 0. The lowest BCUT2D eigenvalue weighted by Crippen LogP contribution is -1.88. The maximum Gasteiger partial charge on any atom is -0.0166 e. The van der Waals surface area contributed by atoms with Gasteiger partial charge in [0.2, 0.25) is 0 Å². The zero-order valence-corrected chi connectivity index (χ0v) is 10.3. The summed E-state index contributed by atoms with van der Waals surface area (Å²) in [7, 11) is 0. The third-order valence-electron chi connectivity index (χ3n) is 3.44. The van der Waals surface area contributed by atoms with Gasteiger partial charge in [-0.3, -0.25) is 0 Å². The molecule has 1 aliphatic carbocycles. The van der Waals surface area contributed by atoms with Crippen molar-refractivity contribution in [2.24, 2.45) is 17.3 Å². The molecule has 1 fully saturated rings. The second kappa shape index (κ2) is 4.33. The first-order chi connectivity index (χ1) is 6.43. The molecule has 1 saturated carbocycles. The molecule has 1 unspecified atom stereocenters. The zero-order valence-electron chi connectivity index (χ0n) is 10.3. The maximum atomic E-state index is 2.39. The first kappa shape index (κ1) is 11.6. The second-order valence-corrected chi connectivity index (χ2v) is 5.57. The summed E-state index contributed by atoms with van der Waals surface area (Å²) < 4.78 is 0. The molecule has 1 aliphatic rings. The predicted molar refractivity (Wildman–Crippen MR) is 64.2 cm³/mol. The summed E-state index contributed by atoms with van der Waals surface area (Å²) in [6.45, 7) is 11.4. The number of hydrogen-bond acceptors (Lipinski definition) is 0. The molecule has 14 heavy (non-hydrogen) atoms. The van der Waals surface area contributed by atoms with Crippen molar-refractivity contribution in [1.82, 2.24) is 0 Å². The van der Waals surface area contributed by atoms with Gasteiger partial charge in [-0.1, -0.05) is 51.5 Å². The third-order valence-corrected chi connectivity index (χ3v) is 3.44. The van der Waals surface area contributed by atoms with Crippen LogP contribution in [0.4, 0.5) is 0 Å². The molecule has 1 rings (SSSR count). The minimum absolute atomic E-state index is 0.591. The van der Waals surface area contributed by atoms with E-state index in [9.17, 15) is 0 Å². The van der Waals surface area contributed by atoms with Crippen molar-refractivity contribution in [3.8, 4) is 0 Å². The monoisotopic (exact) mass is 192 g/mol. The van der Waals surface area contributed by atoms with Gasteiger partial charge in [-0.05, 0) is 37.0 Å². The van der Waals surface area contributed by atoms with E-state index in [2.05, 4.69) is 52.8 Å². The molecule has 0 heteroatoms. The molecule has 0 aromatic rings. The van der Waals surface area contributed by atoms with Crippen molar-refractivity contribution in [2.45, 2.75) is 47.5 Å². The van der Waals surface area contributed by atoms with Crippen LogP contribution >= 0.6 is 0 Å². The van der Waals surface area contributed by atoms with Crippen LogP contribution in [-0.2, 0) is 0 Å². The van der Waals surface area contributed by atoms with E-state index in [1.807, 2.05) is 0 Å². The van der Waals surface area contributed by atoms with E-state index >= 15 is 0 Å². The SMILES string of the molecule is CC(=CCC=CC1CC1(C)C)C(C)C. The summed E-state index contributed by atoms with van der Waals surface area (Å²) in [6, 6.07) is 0. The molecule has 0 heterocycles. The lowest BCUT2D eigenvalue weighted by atomic mass is 10.0. The van der Waals surface area contributed by atoms with Gasteiger partial charge in [0.15, 0.2) is 0 Å². The average Bonchev–Trinajstić information content (AvgIpc) is 2.67. The Morgan fingerprint density at radius 1 is 1.43 bits per heavy atom. The maximum absolute atomic E-state index is 2.39. The van der Waals surface area contributed by atoms with Gasteiger partial charge in [0, 0.05) is 0 Å². The molecule has 0 aliphatic heterocycles. The van der Waals surface area contributed by atoms with Crippen LogP contribution < -0.4 is 0 Å². The molecular weight excluding hydrogens is 168 g/mol. The van der Waals surface area contributed by atoms with Crippen molar-refractivity contribution < 1.29 is 0 Å².